The molecule has 0 fully saturated rings. The predicted molar refractivity (Wildman–Crippen MR) is 114 cm³/mol. The second kappa shape index (κ2) is 7.52. The fourth-order valence-corrected chi connectivity index (χ4v) is 4.09. The minimum atomic E-state index is -0.731. The number of nitrogens with zero attached hydrogens (tertiary/aromatic N) is 3. The van der Waals surface area contributed by atoms with E-state index in [4.69, 9.17) is 0 Å². The first-order valence-corrected chi connectivity index (χ1v) is 9.89. The molecule has 2 aromatic heterocycles. The van der Waals surface area contributed by atoms with Gasteiger partial charge in [0.1, 0.15) is 0 Å². The molecule has 1 unspecified atom stereocenters. The lowest BCUT2D eigenvalue weighted by Crippen LogP contribution is -2.31. The first-order chi connectivity index (χ1) is 14.0. The van der Waals surface area contributed by atoms with Crippen LogP contribution in [0.3, 0.4) is 0 Å². The van der Waals surface area contributed by atoms with E-state index in [1.54, 1.807) is 42.0 Å². The Balaban J connectivity index is 1.83. The van der Waals surface area contributed by atoms with Gasteiger partial charge in [-0.2, -0.15) is 0 Å². The molecule has 0 saturated heterocycles. The number of Topliss-reactive ketones (excluding diaryl/α,β-unsaturated/α-hetero) is 1. The van der Waals surface area contributed by atoms with Gasteiger partial charge in [-0.3, -0.25) is 19.5 Å². The molecule has 0 aliphatic carbocycles. The van der Waals surface area contributed by atoms with E-state index < -0.39 is 17.7 Å². The Morgan fingerprint density at radius 3 is 2.38 bits per heavy atom. The minimum absolute atomic E-state index is 0.0836. The number of benzene rings is 1. The van der Waals surface area contributed by atoms with Crippen LogP contribution in [0.15, 0.2) is 77.6 Å². The van der Waals surface area contributed by atoms with E-state index in [1.165, 1.54) is 16.2 Å². The van der Waals surface area contributed by atoms with Crippen LogP contribution in [0.4, 0.5) is 11.4 Å². The van der Waals surface area contributed by atoms with E-state index in [1.807, 2.05) is 43.3 Å². The number of thiophene rings is 1. The van der Waals surface area contributed by atoms with Crippen LogP contribution >= 0.6 is 11.3 Å². The van der Waals surface area contributed by atoms with Crippen molar-refractivity contribution >= 4 is 34.4 Å². The second-order valence-corrected chi connectivity index (χ2v) is 7.79. The van der Waals surface area contributed by atoms with Crippen LogP contribution in [-0.2, 0) is 4.79 Å². The number of aliphatic hydroxyl groups excluding tert-OH is 1. The standard InChI is InChI=1S/C22H19N3O3S/c1-24(2)15-5-7-16(8-6-15)25-19(14-9-11-23-12-10-14)18(21(27)22(25)28)20(26)17-4-3-13-29-17/h3-13,19,27H,1-2H3. The Bertz CT molecular complexity index is 1070. The molecule has 3 aromatic rings. The zero-order chi connectivity index (χ0) is 20.5. The number of hydrogen-bond acceptors (Lipinski definition) is 6. The first kappa shape index (κ1) is 18.9. The molecular weight excluding hydrogens is 386 g/mol. The molecule has 0 bridgehead atoms. The van der Waals surface area contributed by atoms with Crippen LogP contribution in [0, 0.1) is 0 Å². The van der Waals surface area contributed by atoms with E-state index >= 15 is 0 Å². The molecule has 3 heterocycles. The summed E-state index contributed by atoms with van der Waals surface area (Å²) in [5, 5.41) is 12.5. The maximum atomic E-state index is 13.2. The van der Waals surface area contributed by atoms with Gasteiger partial charge in [0.05, 0.1) is 16.5 Å². The van der Waals surface area contributed by atoms with Gasteiger partial charge in [-0.15, -0.1) is 11.3 Å². The van der Waals surface area contributed by atoms with Crippen LogP contribution in [-0.4, -0.2) is 35.9 Å². The fourth-order valence-electron chi connectivity index (χ4n) is 3.42. The number of aromatic nitrogens is 1. The zero-order valence-corrected chi connectivity index (χ0v) is 16.8. The molecule has 146 valence electrons. The number of hydrogen-bond donors (Lipinski definition) is 1. The van der Waals surface area contributed by atoms with Crippen LogP contribution in [0.2, 0.25) is 0 Å². The highest BCUT2D eigenvalue weighted by Crippen LogP contribution is 2.42. The molecule has 1 N–H and O–H groups in total. The smallest absolute Gasteiger partial charge is 0.294 e. The van der Waals surface area contributed by atoms with Crippen molar-refractivity contribution in [2.75, 3.05) is 23.9 Å². The summed E-state index contributed by atoms with van der Waals surface area (Å²) in [5.41, 5.74) is 2.37. The minimum Gasteiger partial charge on any atom is -0.503 e. The molecule has 1 amide bonds. The average Bonchev–Trinajstić information content (AvgIpc) is 3.36. The average molecular weight is 405 g/mol. The second-order valence-electron chi connectivity index (χ2n) is 6.84. The summed E-state index contributed by atoms with van der Waals surface area (Å²) in [6.45, 7) is 0. The van der Waals surface area contributed by atoms with Crippen molar-refractivity contribution in [3.63, 3.8) is 0 Å². The van der Waals surface area contributed by atoms with E-state index in [0.717, 1.165) is 5.69 Å². The quantitative estimate of drug-likeness (QED) is 0.650. The van der Waals surface area contributed by atoms with Gasteiger partial charge in [0, 0.05) is 37.9 Å². The molecule has 0 radical (unpaired) electrons. The van der Waals surface area contributed by atoms with E-state index in [0.29, 0.717) is 16.1 Å². The molecule has 29 heavy (non-hydrogen) atoms. The lowest BCUT2D eigenvalue weighted by Gasteiger charge is -2.27. The Morgan fingerprint density at radius 2 is 1.79 bits per heavy atom. The number of pyridine rings is 1. The lowest BCUT2D eigenvalue weighted by molar-refractivity contribution is -0.117. The predicted octanol–water partition coefficient (Wildman–Crippen LogP) is 3.99. The SMILES string of the molecule is CN(C)c1ccc(N2C(=O)C(O)=C(C(=O)c3cccs3)C2c2ccncc2)cc1. The number of carbonyl (C=O) groups excluding carboxylic acids is 2. The van der Waals surface area contributed by atoms with Gasteiger partial charge in [0.2, 0.25) is 5.78 Å². The Hall–Kier alpha value is -3.45. The van der Waals surface area contributed by atoms with Crippen LogP contribution in [0.5, 0.6) is 0 Å². The van der Waals surface area contributed by atoms with Gasteiger partial charge in [-0.25, -0.2) is 0 Å². The summed E-state index contributed by atoms with van der Waals surface area (Å²) in [6.07, 6.45) is 3.21. The summed E-state index contributed by atoms with van der Waals surface area (Å²) >= 11 is 1.28. The topological polar surface area (TPSA) is 73.7 Å². The van der Waals surface area contributed by atoms with Crippen molar-refractivity contribution in [2.45, 2.75) is 6.04 Å². The summed E-state index contributed by atoms with van der Waals surface area (Å²) in [4.78, 5) is 34.1. The molecule has 1 aliphatic heterocycles. The van der Waals surface area contributed by atoms with Crippen molar-refractivity contribution in [2.24, 2.45) is 0 Å². The van der Waals surface area contributed by atoms with E-state index in [2.05, 4.69) is 4.98 Å². The van der Waals surface area contributed by atoms with E-state index in [9.17, 15) is 14.7 Å². The number of amides is 1. The van der Waals surface area contributed by atoms with Gasteiger partial charge in [0.25, 0.3) is 5.91 Å². The van der Waals surface area contributed by atoms with Gasteiger partial charge in [-0.1, -0.05) is 6.07 Å². The monoisotopic (exact) mass is 405 g/mol. The fraction of sp³-hybridized carbons (Fsp3) is 0.136. The van der Waals surface area contributed by atoms with Gasteiger partial charge >= 0.3 is 0 Å². The third-order valence-electron chi connectivity index (χ3n) is 4.86. The van der Waals surface area contributed by atoms with Crippen LogP contribution < -0.4 is 9.80 Å². The van der Waals surface area contributed by atoms with Crippen molar-refractivity contribution in [3.05, 3.63) is 88.1 Å². The Morgan fingerprint density at radius 1 is 1.10 bits per heavy atom. The molecular formula is C22H19N3O3S. The Kier molecular flexibility index (Phi) is 4.90. The maximum Gasteiger partial charge on any atom is 0.294 e. The molecule has 1 aromatic carbocycles. The molecule has 6 nitrogen and oxygen atoms in total. The number of aliphatic hydroxyl groups is 1. The lowest BCUT2D eigenvalue weighted by atomic mass is 9.96. The van der Waals surface area contributed by atoms with Crippen molar-refractivity contribution in [1.82, 2.24) is 4.98 Å². The molecule has 1 atom stereocenters. The van der Waals surface area contributed by atoms with Gasteiger partial charge in [0.15, 0.2) is 5.76 Å². The number of rotatable bonds is 5. The summed E-state index contributed by atoms with van der Waals surface area (Å²) in [7, 11) is 3.86. The summed E-state index contributed by atoms with van der Waals surface area (Å²) in [5.74, 6) is -1.45. The van der Waals surface area contributed by atoms with Crippen LogP contribution in [0.25, 0.3) is 0 Å². The normalized spacial score (nSPS) is 16.4. The third kappa shape index (κ3) is 3.30. The number of ketones is 1. The van der Waals surface area contributed by atoms with Crippen molar-refractivity contribution in [3.8, 4) is 0 Å². The number of carbonyl (C=O) groups is 2. The third-order valence-corrected chi connectivity index (χ3v) is 5.73. The Labute approximate surface area is 172 Å². The highest BCUT2D eigenvalue weighted by molar-refractivity contribution is 7.12. The van der Waals surface area contributed by atoms with Crippen molar-refractivity contribution in [1.29, 1.82) is 0 Å². The highest BCUT2D eigenvalue weighted by atomic mass is 32.1. The summed E-state index contributed by atoms with van der Waals surface area (Å²) in [6, 6.07) is 13.6. The molecule has 0 spiro atoms. The first-order valence-electron chi connectivity index (χ1n) is 9.01. The van der Waals surface area contributed by atoms with Crippen LogP contribution in [0.1, 0.15) is 21.3 Å². The van der Waals surface area contributed by atoms with Gasteiger partial charge in [-0.05, 0) is 53.4 Å². The number of anilines is 2. The molecule has 7 heteroatoms. The highest BCUT2D eigenvalue weighted by Gasteiger charge is 2.44. The molecule has 0 saturated carbocycles. The summed E-state index contributed by atoms with van der Waals surface area (Å²) < 4.78 is 0. The zero-order valence-electron chi connectivity index (χ0n) is 15.9. The molecule has 4 rings (SSSR count). The van der Waals surface area contributed by atoms with Crippen molar-refractivity contribution < 1.29 is 14.7 Å². The maximum absolute atomic E-state index is 13.2. The molecule has 1 aliphatic rings. The van der Waals surface area contributed by atoms with E-state index in [-0.39, 0.29) is 11.4 Å². The largest absolute Gasteiger partial charge is 0.503 e. The van der Waals surface area contributed by atoms with Gasteiger partial charge < -0.3 is 10.0 Å².